The Morgan fingerprint density at radius 1 is 0.912 bits per heavy atom. The zero-order valence-corrected chi connectivity index (χ0v) is 18.6. The smallest absolute Gasteiger partial charge is 0.299 e. The largest absolute Gasteiger partial charge is 0.423 e. The Hall–Kier alpha value is -4.24. The van der Waals surface area contributed by atoms with Crippen molar-refractivity contribution in [1.29, 1.82) is 0 Å². The Bertz CT molecular complexity index is 1570. The molecule has 5 aromatic rings. The minimum Gasteiger partial charge on any atom is -0.423 e. The van der Waals surface area contributed by atoms with Gasteiger partial charge in [-0.25, -0.2) is 17.8 Å². The first-order chi connectivity index (χ1) is 16.5. The van der Waals surface area contributed by atoms with Crippen molar-refractivity contribution in [3.63, 3.8) is 0 Å². The zero-order valence-electron chi connectivity index (χ0n) is 17.8. The molecule has 0 radical (unpaired) electrons. The van der Waals surface area contributed by atoms with E-state index in [-0.39, 0.29) is 23.1 Å². The predicted molar refractivity (Wildman–Crippen MR) is 130 cm³/mol. The summed E-state index contributed by atoms with van der Waals surface area (Å²) in [4.78, 5) is 8.18. The van der Waals surface area contributed by atoms with Crippen LogP contribution >= 0.6 is 0 Å². The fraction of sp³-hybridized carbons (Fsp3) is 0.0400. The minimum atomic E-state index is -3.59. The lowest BCUT2D eigenvalue weighted by molar-refractivity contribution is 0.580. The molecule has 170 valence electrons. The molecule has 0 saturated carbocycles. The van der Waals surface area contributed by atoms with E-state index in [4.69, 9.17) is 4.42 Å². The second-order valence-corrected chi connectivity index (χ2v) is 9.33. The minimum absolute atomic E-state index is 0.137. The average Bonchev–Trinajstić information content (AvgIpc) is 3.28. The van der Waals surface area contributed by atoms with E-state index in [2.05, 4.69) is 20.0 Å². The highest BCUT2D eigenvalue weighted by atomic mass is 32.2. The van der Waals surface area contributed by atoms with Gasteiger partial charge in [-0.2, -0.15) is 0 Å². The van der Waals surface area contributed by atoms with Gasteiger partial charge in [-0.3, -0.25) is 9.71 Å². The van der Waals surface area contributed by atoms with Crippen molar-refractivity contribution in [3.05, 3.63) is 103 Å². The van der Waals surface area contributed by atoms with Crippen molar-refractivity contribution in [3.8, 4) is 11.3 Å². The van der Waals surface area contributed by atoms with Crippen LogP contribution in [0.1, 0.15) is 5.56 Å². The summed E-state index contributed by atoms with van der Waals surface area (Å²) in [6, 6.07) is 20.8. The zero-order chi connectivity index (χ0) is 23.5. The summed E-state index contributed by atoms with van der Waals surface area (Å²) in [5.74, 6) is -0.294. The van der Waals surface area contributed by atoms with Crippen LogP contribution in [0.3, 0.4) is 0 Å². The maximum atomic E-state index is 15.0. The molecular weight excluding hydrogens is 455 g/mol. The highest BCUT2D eigenvalue weighted by Gasteiger charge is 2.15. The highest BCUT2D eigenvalue weighted by Crippen LogP contribution is 2.31. The van der Waals surface area contributed by atoms with Gasteiger partial charge in [0.05, 0.1) is 23.2 Å². The Balaban J connectivity index is 1.33. The number of rotatable bonds is 7. The third kappa shape index (κ3) is 4.74. The molecule has 0 saturated heterocycles. The first kappa shape index (κ1) is 21.6. The molecule has 2 heterocycles. The second kappa shape index (κ2) is 8.95. The number of sulfonamides is 1. The molecule has 5 rings (SSSR count). The van der Waals surface area contributed by atoms with Crippen LogP contribution < -0.4 is 10.0 Å². The number of benzene rings is 3. The Morgan fingerprint density at radius 3 is 2.59 bits per heavy atom. The van der Waals surface area contributed by atoms with E-state index in [0.29, 0.717) is 27.7 Å². The van der Waals surface area contributed by atoms with E-state index in [9.17, 15) is 12.8 Å². The van der Waals surface area contributed by atoms with Crippen LogP contribution in [0.4, 0.5) is 21.8 Å². The van der Waals surface area contributed by atoms with E-state index in [1.807, 2.05) is 6.07 Å². The molecule has 0 fully saturated rings. The fourth-order valence-electron chi connectivity index (χ4n) is 3.57. The van der Waals surface area contributed by atoms with Gasteiger partial charge in [0.15, 0.2) is 5.76 Å². The van der Waals surface area contributed by atoms with E-state index in [1.54, 1.807) is 72.9 Å². The quantitative estimate of drug-likeness (QED) is 0.313. The number of anilines is 3. The summed E-state index contributed by atoms with van der Waals surface area (Å²) in [5.41, 5.74) is 1.91. The second-order valence-electron chi connectivity index (χ2n) is 7.61. The topological polar surface area (TPSA) is 97.1 Å². The van der Waals surface area contributed by atoms with Crippen molar-refractivity contribution in [2.24, 2.45) is 0 Å². The first-order valence-corrected chi connectivity index (χ1v) is 12.0. The van der Waals surface area contributed by atoms with Crippen LogP contribution in [0.25, 0.3) is 22.1 Å². The number of aromatic nitrogens is 2. The Labute approximate surface area is 195 Å². The van der Waals surface area contributed by atoms with E-state index in [1.165, 1.54) is 12.4 Å². The summed E-state index contributed by atoms with van der Waals surface area (Å²) < 4.78 is 48.3. The van der Waals surface area contributed by atoms with Gasteiger partial charge in [0.25, 0.3) is 6.01 Å². The van der Waals surface area contributed by atoms with Crippen LogP contribution in [0.2, 0.25) is 0 Å². The lowest BCUT2D eigenvalue weighted by Crippen LogP contribution is -2.15. The van der Waals surface area contributed by atoms with Crippen molar-refractivity contribution >= 4 is 38.2 Å². The molecule has 0 spiro atoms. The van der Waals surface area contributed by atoms with Crippen molar-refractivity contribution < 1.29 is 17.2 Å². The van der Waals surface area contributed by atoms with Gasteiger partial charge in [0.1, 0.15) is 5.82 Å². The molecule has 3 aromatic carbocycles. The van der Waals surface area contributed by atoms with E-state index < -0.39 is 15.8 Å². The standard InChI is InChI=1S/C25H19FN4O3S/c26-24-21-11-12-27-14-18(21)9-10-22(24)23-15-28-25(33-23)29-19-7-4-8-20(13-19)30-34(31,32)16-17-5-2-1-3-6-17/h1-15,30H,16H2,(H,28,29). The molecule has 0 unspecified atom stereocenters. The number of nitrogens with zero attached hydrogens (tertiary/aromatic N) is 2. The number of fused-ring (bicyclic) bond motifs is 1. The van der Waals surface area contributed by atoms with Gasteiger partial charge < -0.3 is 9.73 Å². The molecule has 0 atom stereocenters. The van der Waals surface area contributed by atoms with Gasteiger partial charge in [-0.05, 0) is 35.9 Å². The SMILES string of the molecule is O=S(=O)(Cc1ccccc1)Nc1cccc(Nc2ncc(-c3ccc4cnccc4c3F)o2)c1. The van der Waals surface area contributed by atoms with Crippen molar-refractivity contribution in [2.45, 2.75) is 5.75 Å². The lowest BCUT2D eigenvalue weighted by Gasteiger charge is -2.10. The highest BCUT2D eigenvalue weighted by molar-refractivity contribution is 7.91. The fourth-order valence-corrected chi connectivity index (χ4v) is 4.76. The number of oxazole rings is 1. The molecule has 2 N–H and O–H groups in total. The molecule has 34 heavy (non-hydrogen) atoms. The predicted octanol–water partition coefficient (Wildman–Crippen LogP) is 5.71. The van der Waals surface area contributed by atoms with Gasteiger partial charge in [0, 0.05) is 28.9 Å². The number of hydrogen-bond donors (Lipinski definition) is 2. The number of nitrogens with one attached hydrogen (secondary N) is 2. The molecule has 0 amide bonds. The van der Waals surface area contributed by atoms with Gasteiger partial charge >= 0.3 is 0 Å². The normalized spacial score (nSPS) is 11.4. The average molecular weight is 475 g/mol. The molecule has 2 aromatic heterocycles. The third-order valence-electron chi connectivity index (χ3n) is 5.11. The molecule has 0 aliphatic rings. The Morgan fingerprint density at radius 2 is 1.74 bits per heavy atom. The number of pyridine rings is 1. The van der Waals surface area contributed by atoms with Gasteiger partial charge in [-0.15, -0.1) is 0 Å². The molecule has 7 nitrogen and oxygen atoms in total. The number of halogens is 1. The molecule has 9 heteroatoms. The van der Waals surface area contributed by atoms with Crippen LogP contribution in [0.15, 0.2) is 95.8 Å². The van der Waals surface area contributed by atoms with Gasteiger partial charge in [0.2, 0.25) is 10.0 Å². The van der Waals surface area contributed by atoms with Crippen molar-refractivity contribution in [1.82, 2.24) is 9.97 Å². The summed E-state index contributed by atoms with van der Waals surface area (Å²) >= 11 is 0. The van der Waals surface area contributed by atoms with Gasteiger partial charge in [-0.1, -0.05) is 42.5 Å². The first-order valence-electron chi connectivity index (χ1n) is 10.4. The molecule has 0 aliphatic heterocycles. The molecule has 0 bridgehead atoms. The maximum Gasteiger partial charge on any atom is 0.299 e. The number of hydrogen-bond acceptors (Lipinski definition) is 6. The van der Waals surface area contributed by atoms with Crippen LogP contribution in [0, 0.1) is 5.82 Å². The summed E-state index contributed by atoms with van der Waals surface area (Å²) in [5, 5.41) is 4.11. The monoisotopic (exact) mass is 474 g/mol. The molecular formula is C25H19FN4O3S. The van der Waals surface area contributed by atoms with Crippen LogP contribution in [-0.2, 0) is 15.8 Å². The molecule has 0 aliphatic carbocycles. The van der Waals surface area contributed by atoms with E-state index >= 15 is 0 Å². The summed E-state index contributed by atoms with van der Waals surface area (Å²) in [7, 11) is -3.59. The third-order valence-corrected chi connectivity index (χ3v) is 6.37. The summed E-state index contributed by atoms with van der Waals surface area (Å²) in [6.45, 7) is 0. The lowest BCUT2D eigenvalue weighted by atomic mass is 10.1. The van der Waals surface area contributed by atoms with E-state index in [0.717, 1.165) is 0 Å². The Kier molecular flexibility index (Phi) is 5.69. The van der Waals surface area contributed by atoms with Crippen LogP contribution in [0.5, 0.6) is 0 Å². The summed E-state index contributed by atoms with van der Waals surface area (Å²) in [6.07, 6.45) is 4.56. The maximum absolute atomic E-state index is 15.0. The van der Waals surface area contributed by atoms with Crippen molar-refractivity contribution in [2.75, 3.05) is 10.0 Å². The van der Waals surface area contributed by atoms with Crippen LogP contribution in [-0.4, -0.2) is 18.4 Å².